The molecule has 33 heavy (non-hydrogen) atoms. The number of nitrogens with zero attached hydrogens (tertiary/aromatic N) is 4. The number of nitrogens with one attached hydrogen (secondary N) is 2. The van der Waals surface area contributed by atoms with Crippen molar-refractivity contribution in [1.29, 1.82) is 0 Å². The van der Waals surface area contributed by atoms with Gasteiger partial charge in [-0.1, -0.05) is 12.1 Å². The lowest BCUT2D eigenvalue weighted by Gasteiger charge is -2.26. The van der Waals surface area contributed by atoms with Gasteiger partial charge in [0.2, 0.25) is 5.91 Å². The van der Waals surface area contributed by atoms with E-state index in [4.69, 9.17) is 4.74 Å². The fourth-order valence-electron chi connectivity index (χ4n) is 3.72. The van der Waals surface area contributed by atoms with E-state index in [1.807, 2.05) is 12.1 Å². The third kappa shape index (κ3) is 6.17. The highest BCUT2D eigenvalue weighted by atomic mass is 16.5. The van der Waals surface area contributed by atoms with E-state index in [2.05, 4.69) is 20.7 Å². The lowest BCUT2D eigenvalue weighted by molar-refractivity contribution is -0.119. The molecule has 1 saturated heterocycles. The number of rotatable bonds is 8. The van der Waals surface area contributed by atoms with E-state index >= 15 is 0 Å². The second-order valence-corrected chi connectivity index (χ2v) is 8.04. The molecule has 0 saturated carbocycles. The molecule has 0 aliphatic carbocycles. The first-order chi connectivity index (χ1) is 16.1. The fraction of sp³-hybridized carbons (Fsp3) is 0.333. The van der Waals surface area contributed by atoms with Crippen LogP contribution in [0.25, 0.3) is 0 Å². The summed E-state index contributed by atoms with van der Waals surface area (Å²) in [5, 5.41) is 9.94. The third-order valence-corrected chi connectivity index (χ3v) is 5.51. The van der Waals surface area contributed by atoms with Gasteiger partial charge in [0, 0.05) is 55.9 Å². The summed E-state index contributed by atoms with van der Waals surface area (Å²) >= 11 is 0. The SMILES string of the molecule is C[C@H](C(=O)Nc1cccc(NC(=O)N(Cc2cccnc2)C[C@@H]2CCCO2)c1)n1cccn1. The van der Waals surface area contributed by atoms with Crippen LogP contribution >= 0.6 is 0 Å². The van der Waals surface area contributed by atoms with Crippen LogP contribution in [-0.2, 0) is 16.1 Å². The molecule has 2 N–H and O–H groups in total. The Morgan fingerprint density at radius 1 is 1.18 bits per heavy atom. The molecule has 0 radical (unpaired) electrons. The van der Waals surface area contributed by atoms with Crippen molar-refractivity contribution in [3.8, 4) is 0 Å². The summed E-state index contributed by atoms with van der Waals surface area (Å²) in [5.41, 5.74) is 2.13. The molecular formula is C24H28N6O3. The molecular weight excluding hydrogens is 420 g/mol. The van der Waals surface area contributed by atoms with Gasteiger partial charge in [0.15, 0.2) is 0 Å². The predicted molar refractivity (Wildman–Crippen MR) is 125 cm³/mol. The van der Waals surface area contributed by atoms with Gasteiger partial charge in [0.25, 0.3) is 0 Å². The molecule has 1 aliphatic heterocycles. The van der Waals surface area contributed by atoms with Crippen LogP contribution in [-0.4, -0.2) is 50.9 Å². The second kappa shape index (κ2) is 10.7. The zero-order chi connectivity index (χ0) is 23.0. The number of pyridine rings is 1. The Labute approximate surface area is 192 Å². The van der Waals surface area contributed by atoms with Crippen molar-refractivity contribution >= 4 is 23.3 Å². The minimum atomic E-state index is -0.459. The molecule has 0 bridgehead atoms. The maximum absolute atomic E-state index is 13.1. The van der Waals surface area contributed by atoms with Crippen molar-refractivity contribution in [3.63, 3.8) is 0 Å². The second-order valence-electron chi connectivity index (χ2n) is 8.04. The highest BCUT2D eigenvalue weighted by molar-refractivity contribution is 5.95. The molecule has 0 spiro atoms. The molecule has 3 aromatic rings. The van der Waals surface area contributed by atoms with Crippen LogP contribution in [0.2, 0.25) is 0 Å². The Morgan fingerprint density at radius 2 is 2.03 bits per heavy atom. The fourth-order valence-corrected chi connectivity index (χ4v) is 3.72. The average molecular weight is 449 g/mol. The minimum Gasteiger partial charge on any atom is -0.376 e. The van der Waals surface area contributed by atoms with E-state index in [1.165, 1.54) is 0 Å². The van der Waals surface area contributed by atoms with E-state index in [0.29, 0.717) is 24.5 Å². The Bertz CT molecular complexity index is 1050. The molecule has 2 aromatic heterocycles. The number of hydrogen-bond acceptors (Lipinski definition) is 5. The quantitative estimate of drug-likeness (QED) is 0.547. The summed E-state index contributed by atoms with van der Waals surface area (Å²) in [5.74, 6) is -0.196. The van der Waals surface area contributed by atoms with Crippen molar-refractivity contribution < 1.29 is 14.3 Å². The van der Waals surface area contributed by atoms with Crippen LogP contribution in [0.15, 0.2) is 67.3 Å². The summed E-state index contributed by atoms with van der Waals surface area (Å²) in [6.45, 7) is 3.43. The van der Waals surface area contributed by atoms with Crippen LogP contribution in [0, 0.1) is 0 Å². The number of benzene rings is 1. The van der Waals surface area contributed by atoms with Gasteiger partial charge in [-0.2, -0.15) is 5.10 Å². The zero-order valence-electron chi connectivity index (χ0n) is 18.6. The van der Waals surface area contributed by atoms with Crippen molar-refractivity contribution in [2.75, 3.05) is 23.8 Å². The number of amides is 3. The maximum Gasteiger partial charge on any atom is 0.322 e. The number of anilines is 2. The predicted octanol–water partition coefficient (Wildman–Crippen LogP) is 3.69. The van der Waals surface area contributed by atoms with Crippen molar-refractivity contribution in [3.05, 3.63) is 72.8 Å². The van der Waals surface area contributed by atoms with Crippen molar-refractivity contribution in [2.24, 2.45) is 0 Å². The van der Waals surface area contributed by atoms with Crippen molar-refractivity contribution in [1.82, 2.24) is 19.7 Å². The Balaban J connectivity index is 1.42. The summed E-state index contributed by atoms with van der Waals surface area (Å²) in [6, 6.07) is 12.0. The lowest BCUT2D eigenvalue weighted by atomic mass is 10.2. The molecule has 1 aromatic carbocycles. The van der Waals surface area contributed by atoms with E-state index in [9.17, 15) is 9.59 Å². The summed E-state index contributed by atoms with van der Waals surface area (Å²) in [4.78, 5) is 31.6. The van der Waals surface area contributed by atoms with Gasteiger partial charge >= 0.3 is 6.03 Å². The van der Waals surface area contributed by atoms with Gasteiger partial charge < -0.3 is 20.3 Å². The zero-order valence-corrected chi connectivity index (χ0v) is 18.6. The largest absolute Gasteiger partial charge is 0.376 e. The van der Waals surface area contributed by atoms with E-state index in [1.54, 1.807) is 71.6 Å². The third-order valence-electron chi connectivity index (χ3n) is 5.51. The number of ether oxygens (including phenoxy) is 1. The standard InChI is InChI=1S/C24H28N6O3/c1-18(30-12-5-11-26-30)23(31)27-20-7-2-8-21(14-20)28-24(32)29(17-22-9-4-13-33-22)16-19-6-3-10-25-15-19/h2-3,5-8,10-12,14-15,18,22H,4,9,13,16-17H2,1H3,(H,27,31)(H,28,32)/t18-,22+/m1/s1. The van der Waals surface area contributed by atoms with Crippen molar-refractivity contribution in [2.45, 2.75) is 38.5 Å². The minimum absolute atomic E-state index is 0.0295. The van der Waals surface area contributed by atoms with Crippen LogP contribution in [0.1, 0.15) is 31.4 Å². The monoisotopic (exact) mass is 448 g/mol. The average Bonchev–Trinajstić information content (AvgIpc) is 3.54. The van der Waals surface area contributed by atoms with Crippen LogP contribution in [0.3, 0.4) is 0 Å². The topological polar surface area (TPSA) is 101 Å². The molecule has 2 atom stereocenters. The van der Waals surface area contributed by atoms with Gasteiger partial charge in [0.1, 0.15) is 6.04 Å². The van der Waals surface area contributed by atoms with Gasteiger partial charge in [-0.3, -0.25) is 14.5 Å². The van der Waals surface area contributed by atoms with E-state index in [0.717, 1.165) is 25.0 Å². The summed E-state index contributed by atoms with van der Waals surface area (Å²) in [6.07, 6.45) is 8.81. The first-order valence-electron chi connectivity index (χ1n) is 11.0. The number of carbonyl (C=O) groups excluding carboxylic acids is 2. The lowest BCUT2D eigenvalue weighted by Crippen LogP contribution is -2.39. The molecule has 4 rings (SSSR count). The molecule has 3 heterocycles. The molecule has 172 valence electrons. The van der Waals surface area contributed by atoms with Gasteiger partial charge in [-0.25, -0.2) is 4.79 Å². The van der Waals surface area contributed by atoms with Gasteiger partial charge in [-0.15, -0.1) is 0 Å². The van der Waals surface area contributed by atoms with Crippen LogP contribution < -0.4 is 10.6 Å². The first kappa shape index (κ1) is 22.5. The number of aromatic nitrogens is 3. The van der Waals surface area contributed by atoms with E-state index < -0.39 is 6.04 Å². The number of urea groups is 1. The summed E-state index contributed by atoms with van der Waals surface area (Å²) < 4.78 is 7.33. The highest BCUT2D eigenvalue weighted by Crippen LogP contribution is 2.19. The van der Waals surface area contributed by atoms with Gasteiger partial charge in [0.05, 0.1) is 6.10 Å². The molecule has 3 amide bonds. The molecule has 9 heteroatoms. The maximum atomic E-state index is 13.1. The first-order valence-corrected chi connectivity index (χ1v) is 11.0. The normalized spacial score (nSPS) is 16.2. The molecule has 0 unspecified atom stereocenters. The Morgan fingerprint density at radius 3 is 2.73 bits per heavy atom. The molecule has 9 nitrogen and oxygen atoms in total. The van der Waals surface area contributed by atoms with E-state index in [-0.39, 0.29) is 18.0 Å². The van der Waals surface area contributed by atoms with Crippen LogP contribution in [0.4, 0.5) is 16.2 Å². The Hall–Kier alpha value is -3.72. The van der Waals surface area contributed by atoms with Crippen LogP contribution in [0.5, 0.6) is 0 Å². The van der Waals surface area contributed by atoms with Gasteiger partial charge in [-0.05, 0) is 55.7 Å². The highest BCUT2D eigenvalue weighted by Gasteiger charge is 2.23. The Kier molecular flexibility index (Phi) is 7.31. The smallest absolute Gasteiger partial charge is 0.322 e. The number of hydrogen-bond donors (Lipinski definition) is 2. The summed E-state index contributed by atoms with van der Waals surface area (Å²) in [7, 11) is 0. The molecule has 1 aliphatic rings. The molecule has 1 fully saturated rings. The number of carbonyl (C=O) groups is 2.